The Kier molecular flexibility index (Phi) is 2.64. The van der Waals surface area contributed by atoms with Crippen LogP contribution in [-0.4, -0.2) is 34.1 Å². The average Bonchev–Trinajstić information content (AvgIpc) is 2.76. The molecule has 0 saturated carbocycles. The van der Waals surface area contributed by atoms with Crippen molar-refractivity contribution in [1.29, 1.82) is 0 Å². The minimum absolute atomic E-state index is 0.172. The standard InChI is InChI=1S/C14H13NO4/c1-2-19-14(18)10-6-15-7-11(16)13(17)9-5-3-4-8(10)12(9)15/h3-6,11,16H,2,7H2,1H3. The molecule has 2 aromatic rings. The Morgan fingerprint density at radius 2 is 2.32 bits per heavy atom. The molecule has 1 aliphatic heterocycles. The number of carbonyl (C=O) groups is 2. The first-order chi connectivity index (χ1) is 9.13. The van der Waals surface area contributed by atoms with Crippen LogP contribution in [0.3, 0.4) is 0 Å². The van der Waals surface area contributed by atoms with Gasteiger partial charge in [-0.05, 0) is 13.0 Å². The normalized spacial score (nSPS) is 17.8. The van der Waals surface area contributed by atoms with Crippen molar-refractivity contribution in [2.75, 3.05) is 6.61 Å². The summed E-state index contributed by atoms with van der Waals surface area (Å²) in [5, 5.41) is 10.4. The highest BCUT2D eigenvalue weighted by molar-refractivity contribution is 6.14. The molecule has 2 heterocycles. The topological polar surface area (TPSA) is 68.5 Å². The van der Waals surface area contributed by atoms with Crippen LogP contribution in [0.2, 0.25) is 0 Å². The van der Waals surface area contributed by atoms with Gasteiger partial charge in [0.1, 0.15) is 6.10 Å². The summed E-state index contributed by atoms with van der Waals surface area (Å²) in [4.78, 5) is 23.8. The molecule has 1 N–H and O–H groups in total. The summed E-state index contributed by atoms with van der Waals surface area (Å²) in [6.07, 6.45) is 0.586. The molecule has 0 fully saturated rings. The lowest BCUT2D eigenvalue weighted by Crippen LogP contribution is -2.30. The zero-order valence-corrected chi connectivity index (χ0v) is 10.4. The van der Waals surface area contributed by atoms with E-state index in [1.54, 1.807) is 35.9 Å². The molecule has 19 heavy (non-hydrogen) atoms. The van der Waals surface area contributed by atoms with E-state index in [0.29, 0.717) is 28.6 Å². The fourth-order valence-corrected chi connectivity index (χ4v) is 2.52. The van der Waals surface area contributed by atoms with Gasteiger partial charge >= 0.3 is 5.97 Å². The molecule has 0 spiro atoms. The summed E-state index contributed by atoms with van der Waals surface area (Å²) in [6, 6.07) is 5.16. The van der Waals surface area contributed by atoms with Gasteiger partial charge in [0, 0.05) is 17.1 Å². The summed E-state index contributed by atoms with van der Waals surface area (Å²) in [6.45, 7) is 2.21. The summed E-state index contributed by atoms with van der Waals surface area (Å²) in [5.41, 5.74) is 1.58. The first-order valence-corrected chi connectivity index (χ1v) is 6.14. The van der Waals surface area contributed by atoms with Gasteiger partial charge in [-0.3, -0.25) is 4.79 Å². The molecule has 5 heteroatoms. The van der Waals surface area contributed by atoms with Crippen LogP contribution in [0, 0.1) is 0 Å². The van der Waals surface area contributed by atoms with Gasteiger partial charge in [-0.15, -0.1) is 0 Å². The number of nitrogens with zero attached hydrogens (tertiary/aromatic N) is 1. The number of ether oxygens (including phenoxy) is 1. The van der Waals surface area contributed by atoms with Gasteiger partial charge in [0.15, 0.2) is 5.78 Å². The van der Waals surface area contributed by atoms with E-state index < -0.39 is 12.1 Å². The highest BCUT2D eigenvalue weighted by Crippen LogP contribution is 2.29. The van der Waals surface area contributed by atoms with Crippen LogP contribution < -0.4 is 0 Å². The van der Waals surface area contributed by atoms with Crippen molar-refractivity contribution in [3.8, 4) is 0 Å². The lowest BCUT2D eigenvalue weighted by atomic mass is 9.99. The smallest absolute Gasteiger partial charge is 0.340 e. The molecule has 0 aliphatic carbocycles. The molecule has 98 valence electrons. The Hall–Kier alpha value is -2.14. The van der Waals surface area contributed by atoms with Crippen molar-refractivity contribution in [3.63, 3.8) is 0 Å². The first kappa shape index (κ1) is 11.9. The summed E-state index contributed by atoms with van der Waals surface area (Å²) < 4.78 is 6.75. The zero-order valence-electron chi connectivity index (χ0n) is 10.4. The van der Waals surface area contributed by atoms with E-state index in [1.807, 2.05) is 0 Å². The van der Waals surface area contributed by atoms with Crippen LogP contribution in [0.5, 0.6) is 0 Å². The Morgan fingerprint density at radius 1 is 1.53 bits per heavy atom. The van der Waals surface area contributed by atoms with Gasteiger partial charge < -0.3 is 14.4 Å². The minimum Gasteiger partial charge on any atom is -0.462 e. The summed E-state index contributed by atoms with van der Waals surface area (Å²) in [5.74, 6) is -0.709. The Balaban J connectivity index is 2.25. The molecule has 1 atom stereocenters. The fourth-order valence-electron chi connectivity index (χ4n) is 2.52. The minimum atomic E-state index is -1.06. The highest BCUT2D eigenvalue weighted by atomic mass is 16.5. The number of hydrogen-bond donors (Lipinski definition) is 1. The lowest BCUT2D eigenvalue weighted by Gasteiger charge is -2.19. The number of para-hydroxylation sites is 1. The largest absolute Gasteiger partial charge is 0.462 e. The molecule has 1 aliphatic rings. The van der Waals surface area contributed by atoms with Crippen molar-refractivity contribution >= 4 is 22.7 Å². The molecule has 1 unspecified atom stereocenters. The monoisotopic (exact) mass is 259 g/mol. The SMILES string of the molecule is CCOC(=O)c1cn2c3c(cccc13)C(=O)C(O)C2. The second kappa shape index (κ2) is 4.20. The molecule has 5 nitrogen and oxygen atoms in total. The lowest BCUT2D eigenvalue weighted by molar-refractivity contribution is 0.0528. The van der Waals surface area contributed by atoms with Gasteiger partial charge in [-0.25, -0.2) is 4.79 Å². The number of esters is 1. The average molecular weight is 259 g/mol. The summed E-state index contributed by atoms with van der Waals surface area (Å²) in [7, 11) is 0. The maximum atomic E-state index is 11.9. The van der Waals surface area contributed by atoms with Gasteiger partial charge in [0.05, 0.1) is 24.2 Å². The van der Waals surface area contributed by atoms with Crippen molar-refractivity contribution in [3.05, 3.63) is 35.5 Å². The van der Waals surface area contributed by atoms with E-state index in [2.05, 4.69) is 0 Å². The Morgan fingerprint density at radius 3 is 3.05 bits per heavy atom. The van der Waals surface area contributed by atoms with Crippen molar-refractivity contribution in [2.45, 2.75) is 19.6 Å². The molecule has 1 aromatic carbocycles. The van der Waals surface area contributed by atoms with Crippen LogP contribution in [0.25, 0.3) is 10.9 Å². The second-order valence-corrected chi connectivity index (χ2v) is 4.50. The van der Waals surface area contributed by atoms with Crippen LogP contribution >= 0.6 is 0 Å². The van der Waals surface area contributed by atoms with Crippen molar-refractivity contribution in [1.82, 2.24) is 4.57 Å². The van der Waals surface area contributed by atoms with E-state index in [4.69, 9.17) is 4.74 Å². The number of hydrogen-bond acceptors (Lipinski definition) is 4. The maximum absolute atomic E-state index is 11.9. The third-order valence-corrected chi connectivity index (χ3v) is 3.33. The molecular weight excluding hydrogens is 246 g/mol. The highest BCUT2D eigenvalue weighted by Gasteiger charge is 2.29. The van der Waals surface area contributed by atoms with Gasteiger partial charge in [0.25, 0.3) is 0 Å². The van der Waals surface area contributed by atoms with E-state index in [0.717, 1.165) is 0 Å². The number of aliphatic hydroxyl groups is 1. The van der Waals surface area contributed by atoms with Crippen LogP contribution in [-0.2, 0) is 11.3 Å². The molecule has 0 bridgehead atoms. The number of Topliss-reactive ketones (excluding diaryl/α,β-unsaturated/α-hetero) is 1. The Labute approximate surface area is 109 Å². The predicted octanol–water partition coefficient (Wildman–Crippen LogP) is 1.38. The number of carbonyl (C=O) groups excluding carboxylic acids is 2. The molecule has 0 saturated heterocycles. The number of benzene rings is 1. The number of aliphatic hydroxyl groups excluding tert-OH is 1. The van der Waals surface area contributed by atoms with E-state index in [-0.39, 0.29) is 12.3 Å². The number of rotatable bonds is 2. The van der Waals surface area contributed by atoms with E-state index >= 15 is 0 Å². The number of aromatic nitrogens is 1. The Bertz CT molecular complexity index is 686. The van der Waals surface area contributed by atoms with Crippen molar-refractivity contribution in [2.24, 2.45) is 0 Å². The third-order valence-electron chi connectivity index (χ3n) is 3.33. The fraction of sp³-hybridized carbons (Fsp3) is 0.286. The zero-order chi connectivity index (χ0) is 13.6. The van der Waals surface area contributed by atoms with Crippen LogP contribution in [0.15, 0.2) is 24.4 Å². The van der Waals surface area contributed by atoms with Gasteiger partial charge in [0.2, 0.25) is 0 Å². The van der Waals surface area contributed by atoms with Crippen LogP contribution in [0.4, 0.5) is 0 Å². The summed E-state index contributed by atoms with van der Waals surface area (Å²) >= 11 is 0. The van der Waals surface area contributed by atoms with Gasteiger partial charge in [-0.2, -0.15) is 0 Å². The van der Waals surface area contributed by atoms with Gasteiger partial charge in [-0.1, -0.05) is 12.1 Å². The number of ketones is 1. The first-order valence-electron chi connectivity index (χ1n) is 6.14. The van der Waals surface area contributed by atoms with Crippen molar-refractivity contribution < 1.29 is 19.4 Å². The predicted molar refractivity (Wildman–Crippen MR) is 68.2 cm³/mol. The second-order valence-electron chi connectivity index (χ2n) is 4.50. The molecule has 0 radical (unpaired) electrons. The maximum Gasteiger partial charge on any atom is 0.340 e. The quantitative estimate of drug-likeness (QED) is 0.827. The third kappa shape index (κ3) is 1.66. The van der Waals surface area contributed by atoms with E-state index in [9.17, 15) is 14.7 Å². The molecule has 1 aromatic heterocycles. The molecule has 0 amide bonds. The van der Waals surface area contributed by atoms with E-state index in [1.165, 1.54) is 0 Å². The molecular formula is C14H13NO4. The van der Waals surface area contributed by atoms with Crippen LogP contribution in [0.1, 0.15) is 27.6 Å². The molecule has 3 rings (SSSR count).